The smallest absolute Gasteiger partial charge is 0.225 e. The van der Waals surface area contributed by atoms with E-state index in [1.54, 1.807) is 7.11 Å². The van der Waals surface area contributed by atoms with Gasteiger partial charge in [0.25, 0.3) is 0 Å². The summed E-state index contributed by atoms with van der Waals surface area (Å²) in [6, 6.07) is 0.812. The molecule has 0 aliphatic carbocycles. The molecule has 2 atom stereocenters. The summed E-state index contributed by atoms with van der Waals surface area (Å²) in [5.74, 6) is -0.0892. The van der Waals surface area contributed by atoms with Crippen LogP contribution in [-0.2, 0) is 11.3 Å². The summed E-state index contributed by atoms with van der Waals surface area (Å²) in [5.41, 5.74) is 0.597. The minimum atomic E-state index is -0.685. The number of rotatable bonds is 3. The van der Waals surface area contributed by atoms with Gasteiger partial charge in [0.2, 0.25) is 5.28 Å². The maximum Gasteiger partial charge on any atom is 0.225 e. The van der Waals surface area contributed by atoms with Crippen LogP contribution in [0.5, 0.6) is 0 Å². The van der Waals surface area contributed by atoms with E-state index >= 15 is 0 Å². The van der Waals surface area contributed by atoms with Gasteiger partial charge < -0.3 is 15.0 Å². The van der Waals surface area contributed by atoms with Crippen molar-refractivity contribution in [2.45, 2.75) is 31.5 Å². The largest absolute Gasteiger partial charge is 0.378 e. The van der Waals surface area contributed by atoms with Crippen molar-refractivity contribution in [1.82, 2.24) is 20.3 Å². The average Bonchev–Trinajstić information content (AvgIpc) is 2.90. The number of pyridine rings is 1. The van der Waals surface area contributed by atoms with Gasteiger partial charge in [-0.15, -0.1) is 0 Å². The Morgan fingerprint density at radius 3 is 2.58 bits per heavy atom. The van der Waals surface area contributed by atoms with Crippen LogP contribution >= 0.6 is 23.2 Å². The predicted octanol–water partition coefficient (Wildman–Crippen LogP) is 2.56. The molecule has 2 fully saturated rings. The Morgan fingerprint density at radius 2 is 1.92 bits per heavy atom. The van der Waals surface area contributed by atoms with Gasteiger partial charge >= 0.3 is 0 Å². The summed E-state index contributed by atoms with van der Waals surface area (Å²) >= 11 is 12.0. The second kappa shape index (κ2) is 6.22. The van der Waals surface area contributed by atoms with E-state index in [0.717, 1.165) is 25.9 Å². The molecule has 0 radical (unpaired) electrons. The third-order valence-corrected chi connectivity index (χ3v) is 4.99. The molecule has 2 aromatic heterocycles. The van der Waals surface area contributed by atoms with Crippen molar-refractivity contribution in [3.8, 4) is 0 Å². The number of anilines is 1. The molecule has 6 nitrogen and oxygen atoms in total. The third-order valence-electron chi connectivity index (χ3n) is 4.57. The Balaban J connectivity index is 1.92. The highest BCUT2D eigenvalue weighted by molar-refractivity contribution is 6.31. The fourth-order valence-electron chi connectivity index (χ4n) is 3.61. The molecular formula is C15H16Cl2FN5O. The van der Waals surface area contributed by atoms with Crippen molar-refractivity contribution < 1.29 is 9.13 Å². The highest BCUT2D eigenvalue weighted by Crippen LogP contribution is 2.34. The molecule has 0 aromatic carbocycles. The van der Waals surface area contributed by atoms with E-state index in [1.165, 1.54) is 0 Å². The Hall–Kier alpha value is -1.28. The molecule has 2 saturated heterocycles. The lowest BCUT2D eigenvalue weighted by Crippen LogP contribution is -2.51. The van der Waals surface area contributed by atoms with E-state index in [1.807, 2.05) is 0 Å². The lowest BCUT2D eigenvalue weighted by molar-refractivity contribution is 0.182. The molecule has 4 heterocycles. The number of fused-ring (bicyclic) bond motifs is 3. The van der Waals surface area contributed by atoms with Crippen LogP contribution in [0.4, 0.5) is 10.2 Å². The molecule has 24 heavy (non-hydrogen) atoms. The van der Waals surface area contributed by atoms with Crippen molar-refractivity contribution in [3.63, 3.8) is 0 Å². The van der Waals surface area contributed by atoms with Gasteiger partial charge in [0, 0.05) is 32.3 Å². The first-order valence-corrected chi connectivity index (χ1v) is 8.53. The second-order valence-electron chi connectivity index (χ2n) is 6.18. The van der Waals surface area contributed by atoms with Gasteiger partial charge in [0.1, 0.15) is 11.3 Å². The molecule has 2 aliphatic rings. The molecule has 128 valence electrons. The van der Waals surface area contributed by atoms with Crippen molar-refractivity contribution in [3.05, 3.63) is 21.9 Å². The fourth-order valence-corrected chi connectivity index (χ4v) is 3.96. The molecule has 2 aromatic rings. The summed E-state index contributed by atoms with van der Waals surface area (Å²) in [4.78, 5) is 14.7. The molecule has 0 saturated carbocycles. The Kier molecular flexibility index (Phi) is 4.20. The van der Waals surface area contributed by atoms with Crippen molar-refractivity contribution >= 4 is 39.9 Å². The van der Waals surface area contributed by atoms with Crippen molar-refractivity contribution in [2.75, 3.05) is 25.1 Å². The first kappa shape index (κ1) is 16.2. The quantitative estimate of drug-likeness (QED) is 0.660. The molecule has 2 bridgehead atoms. The van der Waals surface area contributed by atoms with E-state index < -0.39 is 5.82 Å². The molecule has 0 amide bonds. The highest BCUT2D eigenvalue weighted by Gasteiger charge is 2.34. The van der Waals surface area contributed by atoms with Gasteiger partial charge in [-0.25, -0.2) is 14.4 Å². The maximum atomic E-state index is 14.5. The summed E-state index contributed by atoms with van der Waals surface area (Å²) in [6.07, 6.45) is 2.25. The van der Waals surface area contributed by atoms with Gasteiger partial charge in [0.15, 0.2) is 11.0 Å². The molecule has 2 aliphatic heterocycles. The number of hydrogen-bond donors (Lipinski definition) is 1. The molecule has 2 unspecified atom stereocenters. The number of halogens is 3. The normalized spacial score (nSPS) is 23.2. The summed E-state index contributed by atoms with van der Waals surface area (Å²) in [6.45, 7) is 1.76. The van der Waals surface area contributed by atoms with E-state index in [-0.39, 0.29) is 22.6 Å². The summed E-state index contributed by atoms with van der Waals surface area (Å²) in [5, 5.41) is 3.83. The topological polar surface area (TPSA) is 63.2 Å². The minimum Gasteiger partial charge on any atom is -0.378 e. The highest BCUT2D eigenvalue weighted by atomic mass is 35.5. The van der Waals surface area contributed by atoms with Crippen LogP contribution in [0.3, 0.4) is 0 Å². The predicted molar refractivity (Wildman–Crippen MR) is 90.2 cm³/mol. The molecular weight excluding hydrogens is 356 g/mol. The first-order valence-electron chi connectivity index (χ1n) is 7.78. The zero-order valence-electron chi connectivity index (χ0n) is 13.0. The van der Waals surface area contributed by atoms with Crippen LogP contribution in [0.1, 0.15) is 18.5 Å². The number of aromatic nitrogens is 3. The number of nitrogens with one attached hydrogen (secondary N) is 1. The van der Waals surface area contributed by atoms with E-state index in [2.05, 4.69) is 25.2 Å². The summed E-state index contributed by atoms with van der Waals surface area (Å²) < 4.78 is 19.7. The fraction of sp³-hybridized carbons (Fsp3) is 0.533. The SMILES string of the molecule is COCc1nc(Cl)c(F)c2nc(Cl)nc(N3CC4CCC(C3)N4)c12. The Labute approximate surface area is 148 Å². The average molecular weight is 372 g/mol. The van der Waals surface area contributed by atoms with Gasteiger partial charge in [-0.2, -0.15) is 4.98 Å². The molecule has 0 spiro atoms. The monoisotopic (exact) mass is 371 g/mol. The van der Waals surface area contributed by atoms with Gasteiger partial charge in [-0.1, -0.05) is 11.6 Å². The van der Waals surface area contributed by atoms with Crippen LogP contribution in [0.2, 0.25) is 10.4 Å². The van der Waals surface area contributed by atoms with E-state index in [4.69, 9.17) is 27.9 Å². The van der Waals surface area contributed by atoms with E-state index in [9.17, 15) is 4.39 Å². The number of methoxy groups -OCH3 is 1. The van der Waals surface area contributed by atoms with E-state index in [0.29, 0.717) is 29.0 Å². The number of ether oxygens (including phenoxy) is 1. The lowest BCUT2D eigenvalue weighted by atomic mass is 10.1. The Bertz CT molecular complexity index is 793. The lowest BCUT2D eigenvalue weighted by Gasteiger charge is -2.34. The van der Waals surface area contributed by atoms with Crippen LogP contribution in [-0.4, -0.2) is 47.2 Å². The summed E-state index contributed by atoms with van der Waals surface area (Å²) in [7, 11) is 1.55. The Morgan fingerprint density at radius 1 is 1.21 bits per heavy atom. The van der Waals surface area contributed by atoms with Crippen LogP contribution in [0.25, 0.3) is 10.9 Å². The number of piperazine rings is 1. The number of nitrogens with zero attached hydrogens (tertiary/aromatic N) is 4. The van der Waals surface area contributed by atoms with Crippen LogP contribution in [0.15, 0.2) is 0 Å². The van der Waals surface area contributed by atoms with Gasteiger partial charge in [-0.3, -0.25) is 0 Å². The van der Waals surface area contributed by atoms with Crippen molar-refractivity contribution in [1.29, 1.82) is 0 Å². The number of hydrogen-bond acceptors (Lipinski definition) is 6. The van der Waals surface area contributed by atoms with Gasteiger partial charge in [-0.05, 0) is 24.4 Å². The van der Waals surface area contributed by atoms with Gasteiger partial charge in [0.05, 0.1) is 17.7 Å². The zero-order chi connectivity index (χ0) is 16.8. The molecule has 4 rings (SSSR count). The zero-order valence-corrected chi connectivity index (χ0v) is 14.5. The maximum absolute atomic E-state index is 14.5. The third kappa shape index (κ3) is 2.69. The first-order chi connectivity index (χ1) is 11.6. The van der Waals surface area contributed by atoms with Crippen LogP contribution in [0, 0.1) is 5.82 Å². The molecule has 9 heteroatoms. The standard InChI is InChI=1S/C15H16Cl2FN5O/c1-24-6-9-10-12(11(18)13(16)20-9)21-15(17)22-14(10)23-4-7-2-3-8(5-23)19-7/h7-8,19H,2-6H2,1H3. The van der Waals surface area contributed by atoms with Crippen LogP contribution < -0.4 is 10.2 Å². The van der Waals surface area contributed by atoms with Crippen molar-refractivity contribution in [2.24, 2.45) is 0 Å². The second-order valence-corrected chi connectivity index (χ2v) is 6.88. The molecule has 1 N–H and O–H groups in total. The minimum absolute atomic E-state index is 0.00656.